The van der Waals surface area contributed by atoms with Gasteiger partial charge in [-0.1, -0.05) is 0 Å². The Balaban J connectivity index is 1.62. The van der Waals surface area contributed by atoms with Gasteiger partial charge in [-0.3, -0.25) is 9.59 Å². The van der Waals surface area contributed by atoms with E-state index in [-0.39, 0.29) is 24.8 Å². The van der Waals surface area contributed by atoms with Gasteiger partial charge in [-0.2, -0.15) is 0 Å². The van der Waals surface area contributed by atoms with Crippen LogP contribution in [0.3, 0.4) is 0 Å². The van der Waals surface area contributed by atoms with Crippen LogP contribution in [0.1, 0.15) is 60.6 Å². The van der Waals surface area contributed by atoms with Crippen LogP contribution < -0.4 is 5.32 Å². The molecular weight excluding hydrogens is 308 g/mol. The van der Waals surface area contributed by atoms with E-state index in [2.05, 4.69) is 15.3 Å². The molecule has 2 aliphatic rings. The van der Waals surface area contributed by atoms with E-state index >= 15 is 0 Å². The molecular formula is C17H24N4O3. The summed E-state index contributed by atoms with van der Waals surface area (Å²) in [4.78, 5) is 34.3. The molecule has 0 bridgehead atoms. The molecule has 2 amide bonds. The molecule has 1 saturated heterocycles. The molecule has 1 saturated carbocycles. The standard InChI is InChI=1S/C17H24N4O3/c1-18-14(22)5-7-17(24)6-2-8-21(11-17)16(23)13-9-19-15(20-10-13)12-3-4-12/h9-10,12,24H,2-8,11H2,1H3,(H,18,22)/t17-/m1/s1. The number of hydrogen-bond acceptors (Lipinski definition) is 5. The second-order valence-corrected chi connectivity index (χ2v) is 6.83. The van der Waals surface area contributed by atoms with Crippen LogP contribution in [0.15, 0.2) is 12.4 Å². The topological polar surface area (TPSA) is 95.4 Å². The monoisotopic (exact) mass is 332 g/mol. The van der Waals surface area contributed by atoms with Crippen molar-refractivity contribution in [2.45, 2.75) is 50.0 Å². The molecule has 0 spiro atoms. The van der Waals surface area contributed by atoms with Crippen molar-refractivity contribution in [3.63, 3.8) is 0 Å². The van der Waals surface area contributed by atoms with Gasteiger partial charge in [0.15, 0.2) is 0 Å². The molecule has 0 radical (unpaired) electrons. The van der Waals surface area contributed by atoms with Gasteiger partial charge in [0.05, 0.1) is 11.2 Å². The minimum absolute atomic E-state index is 0.101. The number of piperidine rings is 1. The molecule has 1 aliphatic heterocycles. The molecule has 2 N–H and O–H groups in total. The van der Waals surface area contributed by atoms with Crippen LogP contribution in [0, 0.1) is 0 Å². The number of aromatic nitrogens is 2. The van der Waals surface area contributed by atoms with Crippen molar-refractivity contribution in [2.75, 3.05) is 20.1 Å². The van der Waals surface area contributed by atoms with E-state index in [1.807, 2.05) is 0 Å². The van der Waals surface area contributed by atoms with E-state index in [1.54, 1.807) is 24.3 Å². The van der Waals surface area contributed by atoms with Crippen LogP contribution in [0.25, 0.3) is 0 Å². The summed E-state index contributed by atoms with van der Waals surface area (Å²) in [6, 6.07) is 0. The Kier molecular flexibility index (Phi) is 4.80. The Morgan fingerprint density at radius 1 is 1.38 bits per heavy atom. The van der Waals surface area contributed by atoms with Crippen LogP contribution in [0.4, 0.5) is 0 Å². The van der Waals surface area contributed by atoms with Crippen LogP contribution in [-0.2, 0) is 4.79 Å². The minimum Gasteiger partial charge on any atom is -0.388 e. The van der Waals surface area contributed by atoms with Crippen molar-refractivity contribution in [2.24, 2.45) is 0 Å². The number of nitrogens with zero attached hydrogens (tertiary/aromatic N) is 3. The number of carbonyl (C=O) groups excluding carboxylic acids is 2. The van der Waals surface area contributed by atoms with Crippen molar-refractivity contribution in [1.29, 1.82) is 0 Å². The molecule has 3 rings (SSSR count). The lowest BCUT2D eigenvalue weighted by molar-refractivity contribution is -0.122. The summed E-state index contributed by atoms with van der Waals surface area (Å²) in [7, 11) is 1.58. The Morgan fingerprint density at radius 2 is 2.08 bits per heavy atom. The normalized spacial score (nSPS) is 23.8. The van der Waals surface area contributed by atoms with Crippen LogP contribution in [-0.4, -0.2) is 57.5 Å². The number of β-amino-alcohol motifs (C(OH)–C–C–N with tert-alkyl or cyclic N) is 1. The van der Waals surface area contributed by atoms with Gasteiger partial charge in [0.1, 0.15) is 5.82 Å². The zero-order chi connectivity index (χ0) is 17.2. The first kappa shape index (κ1) is 16.8. The maximum atomic E-state index is 12.6. The Labute approximate surface area is 141 Å². The highest BCUT2D eigenvalue weighted by molar-refractivity contribution is 5.93. The molecule has 0 unspecified atom stereocenters. The highest BCUT2D eigenvalue weighted by Gasteiger charge is 2.36. The third kappa shape index (κ3) is 3.90. The van der Waals surface area contributed by atoms with Gasteiger partial charge in [0.2, 0.25) is 5.91 Å². The van der Waals surface area contributed by atoms with E-state index in [1.165, 1.54) is 0 Å². The zero-order valence-electron chi connectivity index (χ0n) is 14.0. The smallest absolute Gasteiger partial charge is 0.257 e. The first-order valence-corrected chi connectivity index (χ1v) is 8.55. The maximum absolute atomic E-state index is 12.6. The van der Waals surface area contributed by atoms with Crippen molar-refractivity contribution in [3.8, 4) is 0 Å². The predicted molar refractivity (Wildman–Crippen MR) is 87.4 cm³/mol. The highest BCUT2D eigenvalue weighted by atomic mass is 16.3. The number of likely N-dealkylation sites (tertiary alicyclic amines) is 1. The Hall–Kier alpha value is -2.02. The van der Waals surface area contributed by atoms with Crippen molar-refractivity contribution in [3.05, 3.63) is 23.8 Å². The fourth-order valence-electron chi connectivity index (χ4n) is 3.14. The van der Waals surface area contributed by atoms with E-state index in [4.69, 9.17) is 0 Å². The van der Waals surface area contributed by atoms with Gasteiger partial charge in [-0.05, 0) is 32.1 Å². The first-order valence-electron chi connectivity index (χ1n) is 8.55. The minimum atomic E-state index is -1.00. The second kappa shape index (κ2) is 6.84. The lowest BCUT2D eigenvalue weighted by Crippen LogP contribution is -2.50. The summed E-state index contributed by atoms with van der Waals surface area (Å²) < 4.78 is 0. The van der Waals surface area contributed by atoms with Gasteiger partial charge < -0.3 is 15.3 Å². The van der Waals surface area contributed by atoms with Gasteiger partial charge >= 0.3 is 0 Å². The average Bonchev–Trinajstić information content (AvgIpc) is 3.44. The second-order valence-electron chi connectivity index (χ2n) is 6.83. The van der Waals surface area contributed by atoms with E-state index < -0.39 is 5.60 Å². The molecule has 130 valence electrons. The predicted octanol–water partition coefficient (Wildman–Crippen LogP) is 0.847. The van der Waals surface area contributed by atoms with Crippen LogP contribution in [0.5, 0.6) is 0 Å². The van der Waals surface area contributed by atoms with Gasteiger partial charge in [0.25, 0.3) is 5.91 Å². The molecule has 1 atom stereocenters. The Bertz CT molecular complexity index is 615. The summed E-state index contributed by atoms with van der Waals surface area (Å²) >= 11 is 0. The van der Waals surface area contributed by atoms with Crippen LogP contribution in [0.2, 0.25) is 0 Å². The number of nitrogens with one attached hydrogen (secondary N) is 1. The maximum Gasteiger partial charge on any atom is 0.257 e. The fourth-order valence-corrected chi connectivity index (χ4v) is 3.14. The third-order valence-electron chi connectivity index (χ3n) is 4.80. The first-order chi connectivity index (χ1) is 11.5. The van der Waals surface area contributed by atoms with Gasteiger partial charge in [0, 0.05) is 44.9 Å². The molecule has 7 heteroatoms. The molecule has 7 nitrogen and oxygen atoms in total. The van der Waals surface area contributed by atoms with Gasteiger partial charge in [-0.25, -0.2) is 9.97 Å². The van der Waals surface area contributed by atoms with E-state index in [9.17, 15) is 14.7 Å². The number of hydrogen-bond donors (Lipinski definition) is 2. The summed E-state index contributed by atoms with van der Waals surface area (Å²) in [5.41, 5.74) is -0.551. The summed E-state index contributed by atoms with van der Waals surface area (Å²) in [5, 5.41) is 13.3. The molecule has 2 heterocycles. The largest absolute Gasteiger partial charge is 0.388 e. The lowest BCUT2D eigenvalue weighted by atomic mass is 9.88. The van der Waals surface area contributed by atoms with E-state index in [0.717, 1.165) is 25.1 Å². The quantitative estimate of drug-likeness (QED) is 0.833. The van der Waals surface area contributed by atoms with Gasteiger partial charge in [-0.15, -0.1) is 0 Å². The zero-order valence-corrected chi connectivity index (χ0v) is 14.0. The number of carbonyl (C=O) groups is 2. The number of rotatable bonds is 5. The van der Waals surface area contributed by atoms with E-state index in [0.29, 0.717) is 30.9 Å². The number of amides is 2. The Morgan fingerprint density at radius 3 is 2.71 bits per heavy atom. The summed E-state index contributed by atoms with van der Waals surface area (Å²) in [5.74, 6) is 1.01. The third-order valence-corrected chi connectivity index (χ3v) is 4.80. The lowest BCUT2D eigenvalue weighted by Gasteiger charge is -2.39. The summed E-state index contributed by atoms with van der Waals surface area (Å²) in [6.07, 6.45) is 7.35. The molecule has 0 aromatic carbocycles. The highest BCUT2D eigenvalue weighted by Crippen LogP contribution is 2.37. The van der Waals surface area contributed by atoms with Crippen molar-refractivity contribution < 1.29 is 14.7 Å². The number of aliphatic hydroxyl groups is 1. The fraction of sp³-hybridized carbons (Fsp3) is 0.647. The van der Waals surface area contributed by atoms with Crippen molar-refractivity contribution >= 4 is 11.8 Å². The summed E-state index contributed by atoms with van der Waals surface area (Å²) in [6.45, 7) is 0.846. The molecule has 1 aromatic heterocycles. The van der Waals surface area contributed by atoms with Crippen LogP contribution >= 0.6 is 0 Å². The molecule has 1 aromatic rings. The molecule has 24 heavy (non-hydrogen) atoms. The SMILES string of the molecule is CNC(=O)CC[C@]1(O)CCCN(C(=O)c2cnc(C3CC3)nc2)C1. The molecule has 1 aliphatic carbocycles. The van der Waals surface area contributed by atoms with Crippen molar-refractivity contribution in [1.82, 2.24) is 20.2 Å². The average molecular weight is 332 g/mol. The molecule has 2 fully saturated rings.